The summed E-state index contributed by atoms with van der Waals surface area (Å²) in [6, 6.07) is 4.09. The summed E-state index contributed by atoms with van der Waals surface area (Å²) in [5.41, 5.74) is 0.229. The van der Waals surface area contributed by atoms with E-state index in [1.807, 2.05) is 0 Å². The Morgan fingerprint density at radius 3 is 2.94 bits per heavy atom. The smallest absolute Gasteiger partial charge is 0.271 e. The number of rotatable bonds is 2. The van der Waals surface area contributed by atoms with Crippen molar-refractivity contribution in [1.82, 2.24) is 0 Å². The summed E-state index contributed by atoms with van der Waals surface area (Å²) in [6.45, 7) is 1.66. The van der Waals surface area contributed by atoms with Crippen LogP contribution in [0, 0.1) is 22.5 Å². The molecule has 6 heteroatoms. The summed E-state index contributed by atoms with van der Waals surface area (Å²) in [6.07, 6.45) is 4.56. The fourth-order valence-corrected chi connectivity index (χ4v) is 1.76. The number of nitrogens with zero attached hydrogens (tertiary/aromatic N) is 2. The number of amides is 1. The van der Waals surface area contributed by atoms with Crippen LogP contribution in [-0.2, 0) is 4.79 Å². The Morgan fingerprint density at radius 1 is 1.61 bits per heavy atom. The van der Waals surface area contributed by atoms with Crippen molar-refractivity contribution in [2.75, 3.05) is 11.4 Å². The molecule has 92 valence electrons. The third-order valence-electron chi connectivity index (χ3n) is 2.61. The zero-order valence-corrected chi connectivity index (χ0v) is 9.62. The number of hydrogen-bond acceptors (Lipinski definition) is 4. The molecule has 0 bridgehead atoms. The van der Waals surface area contributed by atoms with Gasteiger partial charge in [0.25, 0.3) is 11.6 Å². The summed E-state index contributed by atoms with van der Waals surface area (Å²) < 4.78 is 5.37. The zero-order chi connectivity index (χ0) is 13.3. The van der Waals surface area contributed by atoms with Gasteiger partial charge in [-0.05, 0) is 13.0 Å². The molecule has 2 rings (SSSR count). The highest BCUT2D eigenvalue weighted by atomic mass is 16.6. The number of hydrogen-bond donors (Lipinski definition) is 0. The first-order valence-corrected chi connectivity index (χ1v) is 5.24. The van der Waals surface area contributed by atoms with Crippen LogP contribution in [0.15, 0.2) is 18.2 Å². The third kappa shape index (κ3) is 1.86. The fourth-order valence-electron chi connectivity index (χ4n) is 1.76. The highest BCUT2D eigenvalue weighted by Crippen LogP contribution is 2.36. The van der Waals surface area contributed by atoms with E-state index in [1.54, 1.807) is 6.92 Å². The average molecular weight is 246 g/mol. The van der Waals surface area contributed by atoms with E-state index in [9.17, 15) is 14.9 Å². The molecule has 0 aromatic heterocycles. The zero-order valence-electron chi connectivity index (χ0n) is 9.62. The summed E-state index contributed by atoms with van der Waals surface area (Å²) in [5, 5.41) is 10.7. The molecule has 1 heterocycles. The Labute approximate surface area is 103 Å². The number of carbonyl (C=O) groups is 1. The molecule has 0 aliphatic carbocycles. The first-order valence-electron chi connectivity index (χ1n) is 5.24. The van der Waals surface area contributed by atoms with E-state index in [1.165, 1.54) is 23.1 Å². The van der Waals surface area contributed by atoms with E-state index in [-0.39, 0.29) is 18.1 Å². The summed E-state index contributed by atoms with van der Waals surface area (Å²) >= 11 is 0. The molecule has 18 heavy (non-hydrogen) atoms. The molecule has 0 radical (unpaired) electrons. The van der Waals surface area contributed by atoms with Crippen molar-refractivity contribution >= 4 is 17.3 Å². The van der Waals surface area contributed by atoms with Gasteiger partial charge in [-0.3, -0.25) is 19.8 Å². The van der Waals surface area contributed by atoms with Crippen LogP contribution in [-0.4, -0.2) is 23.5 Å². The SMILES string of the molecule is C#CCN1C(=O)C(C)Oc2ccc([N+](=O)[O-])cc21. The number of carbonyl (C=O) groups excluding carboxylic acids is 1. The highest BCUT2D eigenvalue weighted by Gasteiger charge is 2.32. The van der Waals surface area contributed by atoms with E-state index in [0.29, 0.717) is 11.4 Å². The van der Waals surface area contributed by atoms with E-state index >= 15 is 0 Å². The molecule has 1 amide bonds. The van der Waals surface area contributed by atoms with Crippen molar-refractivity contribution in [3.63, 3.8) is 0 Å². The Kier molecular flexibility index (Phi) is 2.90. The van der Waals surface area contributed by atoms with Crippen molar-refractivity contribution in [2.45, 2.75) is 13.0 Å². The Balaban J connectivity index is 2.52. The molecule has 1 aromatic rings. The topological polar surface area (TPSA) is 72.7 Å². The minimum Gasteiger partial charge on any atom is -0.479 e. The molecular weight excluding hydrogens is 236 g/mol. The molecule has 1 aliphatic rings. The molecule has 0 fully saturated rings. The van der Waals surface area contributed by atoms with Crippen LogP contribution in [0.25, 0.3) is 0 Å². The minimum atomic E-state index is -0.646. The van der Waals surface area contributed by atoms with E-state index in [0.717, 1.165) is 0 Å². The number of nitro benzene ring substituents is 1. The number of benzene rings is 1. The van der Waals surface area contributed by atoms with Gasteiger partial charge in [0, 0.05) is 12.1 Å². The van der Waals surface area contributed by atoms with Gasteiger partial charge in [-0.15, -0.1) is 6.42 Å². The standard InChI is InChI=1S/C12H10N2O4/c1-3-6-13-10-7-9(14(16)17)4-5-11(10)18-8(2)12(13)15/h1,4-5,7-8H,6H2,2H3. The summed E-state index contributed by atoms with van der Waals surface area (Å²) in [4.78, 5) is 23.4. The monoisotopic (exact) mass is 246 g/mol. The molecule has 1 atom stereocenters. The van der Waals surface area contributed by atoms with Crippen molar-refractivity contribution in [1.29, 1.82) is 0 Å². The van der Waals surface area contributed by atoms with Crippen molar-refractivity contribution in [3.8, 4) is 18.1 Å². The van der Waals surface area contributed by atoms with Gasteiger partial charge in [-0.1, -0.05) is 5.92 Å². The van der Waals surface area contributed by atoms with Crippen molar-refractivity contribution in [2.24, 2.45) is 0 Å². The van der Waals surface area contributed by atoms with Gasteiger partial charge in [0.1, 0.15) is 5.75 Å². The normalized spacial score (nSPS) is 17.7. The molecule has 1 unspecified atom stereocenters. The maximum Gasteiger partial charge on any atom is 0.271 e. The fraction of sp³-hybridized carbons (Fsp3) is 0.250. The highest BCUT2D eigenvalue weighted by molar-refractivity contribution is 6.00. The van der Waals surface area contributed by atoms with Gasteiger partial charge in [-0.2, -0.15) is 0 Å². The van der Waals surface area contributed by atoms with Gasteiger partial charge >= 0.3 is 0 Å². The summed E-state index contributed by atoms with van der Waals surface area (Å²) in [7, 11) is 0. The lowest BCUT2D eigenvalue weighted by Gasteiger charge is -2.31. The second kappa shape index (κ2) is 4.37. The summed E-state index contributed by atoms with van der Waals surface area (Å²) in [5.74, 6) is 2.47. The minimum absolute atomic E-state index is 0.0563. The van der Waals surface area contributed by atoms with E-state index < -0.39 is 11.0 Å². The number of non-ortho nitro benzene ring substituents is 1. The molecule has 6 nitrogen and oxygen atoms in total. The predicted molar refractivity (Wildman–Crippen MR) is 64.4 cm³/mol. The number of nitro groups is 1. The van der Waals surface area contributed by atoms with Crippen LogP contribution in [0.3, 0.4) is 0 Å². The maximum atomic E-state index is 11.9. The number of ether oxygens (including phenoxy) is 1. The third-order valence-corrected chi connectivity index (χ3v) is 2.61. The quantitative estimate of drug-likeness (QED) is 0.448. The Bertz CT molecular complexity index is 562. The largest absolute Gasteiger partial charge is 0.479 e. The number of anilines is 1. The molecule has 0 saturated heterocycles. The molecule has 1 aliphatic heterocycles. The molecule has 0 N–H and O–H groups in total. The molecule has 0 spiro atoms. The van der Waals surface area contributed by atoms with E-state index in [4.69, 9.17) is 11.2 Å². The van der Waals surface area contributed by atoms with Gasteiger partial charge in [0.05, 0.1) is 17.2 Å². The lowest BCUT2D eigenvalue weighted by atomic mass is 10.1. The van der Waals surface area contributed by atoms with Crippen molar-refractivity contribution < 1.29 is 14.5 Å². The molecule has 0 saturated carbocycles. The lowest BCUT2D eigenvalue weighted by molar-refractivity contribution is -0.384. The Hall–Kier alpha value is -2.55. The van der Waals surface area contributed by atoms with Gasteiger partial charge in [-0.25, -0.2) is 0 Å². The lowest BCUT2D eigenvalue weighted by Crippen LogP contribution is -2.44. The van der Waals surface area contributed by atoms with Crippen LogP contribution in [0.4, 0.5) is 11.4 Å². The van der Waals surface area contributed by atoms with Crippen LogP contribution >= 0.6 is 0 Å². The van der Waals surface area contributed by atoms with Crippen LogP contribution in [0.5, 0.6) is 5.75 Å². The van der Waals surface area contributed by atoms with E-state index in [2.05, 4.69) is 5.92 Å². The van der Waals surface area contributed by atoms with Gasteiger partial charge < -0.3 is 4.74 Å². The second-order valence-electron chi connectivity index (χ2n) is 3.80. The van der Waals surface area contributed by atoms with Gasteiger partial charge in [0.2, 0.25) is 0 Å². The van der Waals surface area contributed by atoms with Crippen LogP contribution in [0.2, 0.25) is 0 Å². The average Bonchev–Trinajstić information content (AvgIpc) is 2.34. The van der Waals surface area contributed by atoms with Crippen molar-refractivity contribution in [3.05, 3.63) is 28.3 Å². The number of terminal acetylenes is 1. The second-order valence-corrected chi connectivity index (χ2v) is 3.80. The van der Waals surface area contributed by atoms with Gasteiger partial charge in [0.15, 0.2) is 6.10 Å². The first kappa shape index (κ1) is 11.9. The first-order chi connectivity index (χ1) is 8.54. The Morgan fingerprint density at radius 2 is 2.33 bits per heavy atom. The maximum absolute atomic E-state index is 11.9. The van der Waals surface area contributed by atoms with Crippen LogP contribution in [0.1, 0.15) is 6.92 Å². The predicted octanol–water partition coefficient (Wildman–Crippen LogP) is 1.34. The number of fused-ring (bicyclic) bond motifs is 1. The molecule has 1 aromatic carbocycles. The molecular formula is C12H10N2O4. The van der Waals surface area contributed by atoms with Crippen LogP contribution < -0.4 is 9.64 Å².